The van der Waals surface area contributed by atoms with E-state index in [1.54, 1.807) is 0 Å². The molecule has 0 rings (SSSR count). The van der Waals surface area contributed by atoms with E-state index in [9.17, 15) is 0 Å². The smallest absolute Gasteiger partial charge is 0.110 e. The summed E-state index contributed by atoms with van der Waals surface area (Å²) in [4.78, 5) is 4.36. The number of unbranched alkanes of at least 4 members (excludes halogenated alkanes) is 4. The van der Waals surface area contributed by atoms with Crippen LogP contribution in [0.3, 0.4) is 0 Å². The number of amidine groups is 1. The molecule has 3 N–H and O–H groups in total. The average Bonchev–Trinajstić information content (AvgIpc) is 2.22. The molecular formula is C11H25N3. The van der Waals surface area contributed by atoms with Crippen LogP contribution in [0.5, 0.6) is 0 Å². The molecule has 0 aromatic carbocycles. The van der Waals surface area contributed by atoms with Crippen LogP contribution >= 0.6 is 0 Å². The summed E-state index contributed by atoms with van der Waals surface area (Å²) >= 11 is 0. The maximum absolute atomic E-state index is 5.37. The van der Waals surface area contributed by atoms with Crippen molar-refractivity contribution in [1.29, 1.82) is 0 Å². The van der Waals surface area contributed by atoms with Gasteiger partial charge in [0.05, 0.1) is 0 Å². The van der Waals surface area contributed by atoms with Crippen molar-refractivity contribution in [2.24, 2.45) is 10.8 Å². The number of rotatable bonds is 8. The molecular weight excluding hydrogens is 174 g/mol. The van der Waals surface area contributed by atoms with Crippen LogP contribution in [0.2, 0.25) is 0 Å². The van der Waals surface area contributed by atoms with Crippen molar-refractivity contribution in [3.05, 3.63) is 0 Å². The first-order valence-electron chi connectivity index (χ1n) is 5.85. The lowest BCUT2D eigenvalue weighted by Gasteiger charge is -2.05. The third-order valence-electron chi connectivity index (χ3n) is 2.21. The Balaban J connectivity index is 3.42. The van der Waals surface area contributed by atoms with E-state index in [4.69, 9.17) is 5.84 Å². The van der Waals surface area contributed by atoms with Crippen LogP contribution in [0.1, 0.15) is 58.8 Å². The van der Waals surface area contributed by atoms with Gasteiger partial charge in [-0.1, -0.05) is 39.5 Å². The fourth-order valence-electron chi connectivity index (χ4n) is 1.34. The van der Waals surface area contributed by atoms with Gasteiger partial charge in [0.2, 0.25) is 0 Å². The third-order valence-corrected chi connectivity index (χ3v) is 2.21. The van der Waals surface area contributed by atoms with E-state index >= 15 is 0 Å². The average molecular weight is 199 g/mol. The Labute approximate surface area is 88.1 Å². The van der Waals surface area contributed by atoms with E-state index in [-0.39, 0.29) is 0 Å². The first kappa shape index (κ1) is 13.4. The van der Waals surface area contributed by atoms with Crippen molar-refractivity contribution in [3.8, 4) is 0 Å². The molecule has 0 atom stereocenters. The van der Waals surface area contributed by atoms with Gasteiger partial charge in [-0.15, -0.1) is 0 Å². The van der Waals surface area contributed by atoms with E-state index in [2.05, 4.69) is 24.3 Å². The van der Waals surface area contributed by atoms with Gasteiger partial charge in [-0.2, -0.15) is 0 Å². The minimum absolute atomic E-state index is 0.883. The predicted octanol–water partition coefficient (Wildman–Crippen LogP) is 2.62. The van der Waals surface area contributed by atoms with Gasteiger partial charge in [0.15, 0.2) is 0 Å². The van der Waals surface area contributed by atoms with Crippen LogP contribution in [0.25, 0.3) is 0 Å². The fourth-order valence-corrected chi connectivity index (χ4v) is 1.34. The highest BCUT2D eigenvalue weighted by Gasteiger charge is 1.95. The zero-order valence-corrected chi connectivity index (χ0v) is 9.68. The Morgan fingerprint density at radius 1 is 1.07 bits per heavy atom. The van der Waals surface area contributed by atoms with E-state index in [0.717, 1.165) is 25.2 Å². The summed E-state index contributed by atoms with van der Waals surface area (Å²) in [6, 6.07) is 0. The maximum Gasteiger partial charge on any atom is 0.110 e. The topological polar surface area (TPSA) is 50.4 Å². The van der Waals surface area contributed by atoms with Gasteiger partial charge in [0, 0.05) is 13.0 Å². The molecule has 0 aromatic rings. The SMILES string of the molecule is CCCCCCCC(=NCCC)NN. The van der Waals surface area contributed by atoms with Gasteiger partial charge < -0.3 is 5.43 Å². The molecule has 0 radical (unpaired) electrons. The molecule has 0 fully saturated rings. The summed E-state index contributed by atoms with van der Waals surface area (Å²) in [5.74, 6) is 6.34. The highest BCUT2D eigenvalue weighted by molar-refractivity contribution is 5.81. The highest BCUT2D eigenvalue weighted by Crippen LogP contribution is 2.05. The van der Waals surface area contributed by atoms with E-state index in [1.165, 1.54) is 32.1 Å². The number of nitrogens with one attached hydrogen (secondary N) is 1. The van der Waals surface area contributed by atoms with Gasteiger partial charge in [0.25, 0.3) is 0 Å². The normalized spacial score (nSPS) is 11.8. The van der Waals surface area contributed by atoms with Crippen molar-refractivity contribution >= 4 is 5.84 Å². The second kappa shape index (κ2) is 10.5. The van der Waals surface area contributed by atoms with Crippen molar-refractivity contribution in [2.75, 3.05) is 6.54 Å². The monoisotopic (exact) mass is 199 g/mol. The van der Waals surface area contributed by atoms with E-state index < -0.39 is 0 Å². The van der Waals surface area contributed by atoms with Crippen LogP contribution in [0, 0.1) is 0 Å². The lowest BCUT2D eigenvalue weighted by atomic mass is 10.1. The molecule has 0 spiro atoms. The van der Waals surface area contributed by atoms with Gasteiger partial charge in [-0.25, -0.2) is 5.84 Å². The Morgan fingerprint density at radius 3 is 2.36 bits per heavy atom. The molecule has 0 amide bonds. The summed E-state index contributed by atoms with van der Waals surface area (Å²) in [7, 11) is 0. The van der Waals surface area contributed by atoms with Gasteiger partial charge >= 0.3 is 0 Å². The first-order valence-corrected chi connectivity index (χ1v) is 5.85. The zero-order valence-electron chi connectivity index (χ0n) is 9.68. The number of hydrogen-bond acceptors (Lipinski definition) is 2. The molecule has 0 heterocycles. The van der Waals surface area contributed by atoms with Crippen LogP contribution in [-0.2, 0) is 0 Å². The number of nitrogens with two attached hydrogens (primary N) is 1. The van der Waals surface area contributed by atoms with Gasteiger partial charge in [-0.05, 0) is 12.8 Å². The third kappa shape index (κ3) is 8.05. The van der Waals surface area contributed by atoms with E-state index in [1.807, 2.05) is 0 Å². The lowest BCUT2D eigenvalue weighted by molar-refractivity contribution is 0.638. The van der Waals surface area contributed by atoms with E-state index in [0.29, 0.717) is 0 Å². The molecule has 0 saturated heterocycles. The van der Waals surface area contributed by atoms with Gasteiger partial charge in [-0.3, -0.25) is 4.99 Å². The second-order valence-corrected chi connectivity index (χ2v) is 3.64. The minimum Gasteiger partial charge on any atom is -0.312 e. The molecule has 14 heavy (non-hydrogen) atoms. The molecule has 0 aliphatic heterocycles. The van der Waals surface area contributed by atoms with Crippen LogP contribution < -0.4 is 11.3 Å². The molecule has 84 valence electrons. The minimum atomic E-state index is 0.883. The summed E-state index contributed by atoms with van der Waals surface area (Å²) in [6.45, 7) is 5.24. The largest absolute Gasteiger partial charge is 0.312 e. The summed E-state index contributed by atoms with van der Waals surface area (Å²) in [5.41, 5.74) is 2.68. The second-order valence-electron chi connectivity index (χ2n) is 3.64. The molecule has 0 aliphatic carbocycles. The standard InChI is InChI=1S/C11H25N3/c1-3-5-6-7-8-9-11(14-12)13-10-4-2/h3-10,12H2,1-2H3,(H,13,14). The maximum atomic E-state index is 5.37. The summed E-state index contributed by atoms with van der Waals surface area (Å²) in [6.07, 6.45) is 8.56. The fraction of sp³-hybridized carbons (Fsp3) is 0.909. The van der Waals surface area contributed by atoms with Crippen LogP contribution in [0.15, 0.2) is 4.99 Å². The molecule has 0 aromatic heterocycles. The molecule has 0 unspecified atom stereocenters. The number of nitrogens with zero attached hydrogens (tertiary/aromatic N) is 1. The van der Waals surface area contributed by atoms with Crippen LogP contribution in [-0.4, -0.2) is 12.4 Å². The summed E-state index contributed by atoms with van der Waals surface area (Å²) < 4.78 is 0. The Hall–Kier alpha value is -0.570. The quantitative estimate of drug-likeness (QED) is 0.207. The number of hydrogen-bond donors (Lipinski definition) is 2. The zero-order chi connectivity index (χ0) is 10.6. The lowest BCUT2D eigenvalue weighted by Crippen LogP contribution is -2.30. The molecule has 0 bridgehead atoms. The molecule has 3 nitrogen and oxygen atoms in total. The van der Waals surface area contributed by atoms with Crippen molar-refractivity contribution in [3.63, 3.8) is 0 Å². The first-order chi connectivity index (χ1) is 6.85. The molecule has 0 saturated carbocycles. The number of aliphatic imine (C=N–C) groups is 1. The highest BCUT2D eigenvalue weighted by atomic mass is 15.2. The molecule has 0 aliphatic rings. The Morgan fingerprint density at radius 2 is 1.79 bits per heavy atom. The Kier molecular flexibility index (Phi) is 10.1. The predicted molar refractivity (Wildman–Crippen MR) is 63.3 cm³/mol. The van der Waals surface area contributed by atoms with Crippen molar-refractivity contribution < 1.29 is 0 Å². The van der Waals surface area contributed by atoms with Crippen LogP contribution in [0.4, 0.5) is 0 Å². The Bertz CT molecular complexity index is 143. The summed E-state index contributed by atoms with van der Waals surface area (Å²) in [5, 5.41) is 0. The van der Waals surface area contributed by atoms with Gasteiger partial charge in [0.1, 0.15) is 5.84 Å². The van der Waals surface area contributed by atoms with Crippen molar-refractivity contribution in [2.45, 2.75) is 58.8 Å². The number of hydrazine groups is 1. The molecule has 3 heteroatoms. The van der Waals surface area contributed by atoms with Crippen molar-refractivity contribution in [1.82, 2.24) is 5.43 Å².